The van der Waals surface area contributed by atoms with E-state index >= 15 is 0 Å². The highest BCUT2D eigenvalue weighted by atomic mass is 19.1. The Morgan fingerprint density at radius 1 is 1.26 bits per heavy atom. The van der Waals surface area contributed by atoms with Crippen molar-refractivity contribution in [2.75, 3.05) is 11.9 Å². The van der Waals surface area contributed by atoms with Crippen LogP contribution in [0, 0.1) is 12.7 Å². The van der Waals surface area contributed by atoms with Gasteiger partial charge in [0.2, 0.25) is 0 Å². The summed E-state index contributed by atoms with van der Waals surface area (Å²) in [6, 6.07) is 10.6. The lowest BCUT2D eigenvalue weighted by Gasteiger charge is -2.25. The second-order valence-electron chi connectivity index (χ2n) is 6.21. The molecule has 0 aliphatic heterocycles. The van der Waals surface area contributed by atoms with Gasteiger partial charge in [-0.2, -0.15) is 5.10 Å². The van der Waals surface area contributed by atoms with Crippen LogP contribution in [0.1, 0.15) is 17.1 Å². The molecule has 0 spiro atoms. The van der Waals surface area contributed by atoms with E-state index in [2.05, 4.69) is 25.6 Å². The largest absolute Gasteiger partial charge is 0.393 e. The lowest BCUT2D eigenvalue weighted by atomic mass is 9.94. The molecule has 3 heterocycles. The number of nitrogens with one attached hydrogen (secondary N) is 2. The van der Waals surface area contributed by atoms with Crippen molar-refractivity contribution >= 4 is 17.2 Å². The number of hydrogen-bond acceptors (Lipinski definition) is 6. The third kappa shape index (κ3) is 3.03. The Hall–Kier alpha value is -3.30. The van der Waals surface area contributed by atoms with Gasteiger partial charge in [0.1, 0.15) is 11.3 Å². The summed E-state index contributed by atoms with van der Waals surface area (Å²) in [5.41, 5.74) is -0.0843. The summed E-state index contributed by atoms with van der Waals surface area (Å²) >= 11 is 0. The number of aryl methyl sites for hydroxylation is 1. The van der Waals surface area contributed by atoms with Gasteiger partial charge in [-0.3, -0.25) is 5.10 Å². The van der Waals surface area contributed by atoms with Crippen LogP contribution >= 0.6 is 0 Å². The van der Waals surface area contributed by atoms with Gasteiger partial charge in [0, 0.05) is 18.0 Å². The molecule has 0 saturated heterocycles. The molecule has 8 nitrogen and oxygen atoms in total. The first kappa shape index (κ1) is 17.1. The predicted octanol–water partition coefficient (Wildman–Crippen LogP) is 1.87. The maximum atomic E-state index is 13.3. The van der Waals surface area contributed by atoms with Gasteiger partial charge in [-0.05, 0) is 36.8 Å². The molecule has 1 aromatic carbocycles. The molecule has 4 aromatic rings. The summed E-state index contributed by atoms with van der Waals surface area (Å²) in [7, 11) is 0. The maximum absolute atomic E-state index is 13.3. The fourth-order valence-electron chi connectivity index (χ4n) is 2.82. The highest BCUT2D eigenvalue weighted by Gasteiger charge is 2.35. The first-order valence-electron chi connectivity index (χ1n) is 8.24. The standard InChI is InChI=1S/C18H17FN6O2/c1-11-9-15(23-22-11)20-16-14-3-2-8-25(14)24-17(21-16)18(27,10-26)12-4-6-13(19)7-5-12/h2-9,26-27H,10H2,1H3,(H2,20,21,22,23,24). The molecule has 0 fully saturated rings. The quantitative estimate of drug-likeness (QED) is 0.428. The second-order valence-corrected chi connectivity index (χ2v) is 6.21. The lowest BCUT2D eigenvalue weighted by Crippen LogP contribution is -2.35. The average molecular weight is 368 g/mol. The van der Waals surface area contributed by atoms with E-state index < -0.39 is 18.0 Å². The molecule has 1 atom stereocenters. The number of aliphatic hydroxyl groups is 2. The summed E-state index contributed by atoms with van der Waals surface area (Å²) < 4.78 is 14.8. The van der Waals surface area contributed by atoms with E-state index in [4.69, 9.17) is 0 Å². The molecule has 0 radical (unpaired) electrons. The zero-order chi connectivity index (χ0) is 19.0. The number of H-pyrrole nitrogens is 1. The Kier molecular flexibility index (Phi) is 4.09. The van der Waals surface area contributed by atoms with Gasteiger partial charge in [-0.15, -0.1) is 5.10 Å². The Morgan fingerprint density at radius 2 is 2.04 bits per heavy atom. The van der Waals surface area contributed by atoms with E-state index in [1.165, 1.54) is 28.8 Å². The van der Waals surface area contributed by atoms with Crippen molar-refractivity contribution in [1.82, 2.24) is 24.8 Å². The molecule has 0 aliphatic rings. The molecule has 0 saturated carbocycles. The van der Waals surface area contributed by atoms with Crippen LogP contribution in [-0.4, -0.2) is 41.6 Å². The SMILES string of the molecule is Cc1cc(Nc2nc(C(O)(CO)c3ccc(F)cc3)nn3cccc23)n[nH]1. The van der Waals surface area contributed by atoms with Crippen molar-refractivity contribution in [1.29, 1.82) is 0 Å². The molecule has 27 heavy (non-hydrogen) atoms. The number of halogens is 1. The smallest absolute Gasteiger partial charge is 0.190 e. The van der Waals surface area contributed by atoms with Gasteiger partial charge >= 0.3 is 0 Å². The van der Waals surface area contributed by atoms with Crippen LogP contribution in [0.15, 0.2) is 48.7 Å². The van der Waals surface area contributed by atoms with Gasteiger partial charge in [-0.25, -0.2) is 13.9 Å². The van der Waals surface area contributed by atoms with Gasteiger partial charge < -0.3 is 15.5 Å². The molecular weight excluding hydrogens is 351 g/mol. The van der Waals surface area contributed by atoms with Gasteiger partial charge in [0.05, 0.1) is 6.61 Å². The van der Waals surface area contributed by atoms with Crippen molar-refractivity contribution in [2.45, 2.75) is 12.5 Å². The average Bonchev–Trinajstić information content (AvgIpc) is 3.30. The Labute approximate surface area is 153 Å². The number of aromatic amines is 1. The predicted molar refractivity (Wildman–Crippen MR) is 96.1 cm³/mol. The molecule has 3 aromatic heterocycles. The van der Waals surface area contributed by atoms with Crippen LogP contribution in [0.25, 0.3) is 5.52 Å². The fourth-order valence-corrected chi connectivity index (χ4v) is 2.82. The Morgan fingerprint density at radius 3 is 2.70 bits per heavy atom. The molecule has 4 N–H and O–H groups in total. The number of aromatic nitrogens is 5. The van der Waals surface area contributed by atoms with Crippen LogP contribution in [0.5, 0.6) is 0 Å². The van der Waals surface area contributed by atoms with Crippen molar-refractivity contribution in [3.8, 4) is 0 Å². The van der Waals surface area contributed by atoms with Crippen molar-refractivity contribution in [3.63, 3.8) is 0 Å². The van der Waals surface area contributed by atoms with Crippen molar-refractivity contribution in [2.24, 2.45) is 0 Å². The summed E-state index contributed by atoms with van der Waals surface area (Å²) in [6.45, 7) is 1.20. The van der Waals surface area contributed by atoms with E-state index in [-0.39, 0.29) is 11.4 Å². The molecular formula is C18H17FN6O2. The van der Waals surface area contributed by atoms with Gasteiger partial charge in [0.25, 0.3) is 0 Å². The minimum Gasteiger partial charge on any atom is -0.393 e. The highest BCUT2D eigenvalue weighted by molar-refractivity contribution is 5.72. The highest BCUT2D eigenvalue weighted by Crippen LogP contribution is 2.29. The fraction of sp³-hybridized carbons (Fsp3) is 0.167. The molecule has 0 aliphatic carbocycles. The number of hydrogen-bond donors (Lipinski definition) is 4. The van der Waals surface area contributed by atoms with Crippen molar-refractivity contribution < 1.29 is 14.6 Å². The first-order chi connectivity index (χ1) is 13.0. The van der Waals surface area contributed by atoms with E-state index in [0.717, 1.165) is 5.69 Å². The van der Waals surface area contributed by atoms with E-state index in [1.807, 2.05) is 13.0 Å². The van der Waals surface area contributed by atoms with Crippen LogP contribution in [-0.2, 0) is 5.60 Å². The van der Waals surface area contributed by atoms with E-state index in [0.29, 0.717) is 17.2 Å². The van der Waals surface area contributed by atoms with Gasteiger partial charge in [0.15, 0.2) is 23.1 Å². The Balaban J connectivity index is 1.84. The molecule has 9 heteroatoms. The van der Waals surface area contributed by atoms with Crippen molar-refractivity contribution in [3.05, 3.63) is 71.6 Å². The Bertz CT molecular complexity index is 1090. The number of aliphatic hydroxyl groups excluding tert-OH is 1. The second kappa shape index (κ2) is 6.45. The maximum Gasteiger partial charge on any atom is 0.190 e. The van der Waals surface area contributed by atoms with Gasteiger partial charge in [-0.1, -0.05) is 12.1 Å². The summed E-state index contributed by atoms with van der Waals surface area (Å²) in [5.74, 6) is 0.479. The van der Waals surface area contributed by atoms with Crippen LogP contribution < -0.4 is 5.32 Å². The van der Waals surface area contributed by atoms with Crippen LogP contribution in [0.3, 0.4) is 0 Å². The number of nitrogens with zero attached hydrogens (tertiary/aromatic N) is 4. The normalized spacial score (nSPS) is 13.6. The van der Waals surface area contributed by atoms with E-state index in [1.54, 1.807) is 18.3 Å². The molecule has 0 bridgehead atoms. The zero-order valence-corrected chi connectivity index (χ0v) is 14.4. The number of benzene rings is 1. The molecule has 1 unspecified atom stereocenters. The first-order valence-corrected chi connectivity index (χ1v) is 8.24. The van der Waals surface area contributed by atoms with E-state index in [9.17, 15) is 14.6 Å². The summed E-state index contributed by atoms with van der Waals surface area (Å²) in [4.78, 5) is 4.42. The summed E-state index contributed by atoms with van der Waals surface area (Å²) in [5, 5.41) is 35.3. The number of fused-ring (bicyclic) bond motifs is 1. The monoisotopic (exact) mass is 368 g/mol. The molecule has 0 amide bonds. The third-order valence-corrected chi connectivity index (χ3v) is 4.26. The number of anilines is 2. The lowest BCUT2D eigenvalue weighted by molar-refractivity contribution is 0.00896. The molecule has 4 rings (SSSR count). The molecule has 138 valence electrons. The minimum absolute atomic E-state index is 0.0323. The number of rotatable bonds is 5. The summed E-state index contributed by atoms with van der Waals surface area (Å²) in [6.07, 6.45) is 1.70. The van der Waals surface area contributed by atoms with Crippen LogP contribution in [0.4, 0.5) is 16.0 Å². The zero-order valence-electron chi connectivity index (χ0n) is 14.4. The topological polar surface area (TPSA) is 111 Å². The van der Waals surface area contributed by atoms with Crippen LogP contribution in [0.2, 0.25) is 0 Å². The third-order valence-electron chi connectivity index (χ3n) is 4.26. The minimum atomic E-state index is -1.90.